The van der Waals surface area contributed by atoms with Crippen molar-refractivity contribution in [2.45, 2.75) is 11.8 Å². The third kappa shape index (κ3) is 4.99. The molecule has 0 bridgehead atoms. The molecule has 5 aromatic carbocycles. The van der Waals surface area contributed by atoms with Crippen molar-refractivity contribution < 1.29 is 0 Å². The number of hydrogen-bond donors (Lipinski definition) is 0. The summed E-state index contributed by atoms with van der Waals surface area (Å²) in [5, 5.41) is 0. The molecule has 0 spiro atoms. The zero-order chi connectivity index (χ0) is 24.5. The molecule has 0 radical (unpaired) electrons. The Morgan fingerprint density at radius 3 is 1.17 bits per heavy atom. The van der Waals surface area contributed by atoms with Crippen LogP contribution in [0.3, 0.4) is 0 Å². The lowest BCUT2D eigenvalue weighted by Gasteiger charge is -2.39. The standard InChI is InChI=1S/C24H20.C12H10/c1-4-12-20(13-5-1)23-18-10-11-19-24(23,21-14-6-2-7-15-21)22-16-8-3-9-17-22;1-3-7-11(8-4-1)12-9-5-2-6-10-12/h1-18H,19H2;1-10H. The van der Waals surface area contributed by atoms with Crippen molar-refractivity contribution in [2.24, 2.45) is 0 Å². The lowest BCUT2D eigenvalue weighted by Crippen LogP contribution is -2.30. The number of hydrogen-bond acceptors (Lipinski definition) is 0. The van der Waals surface area contributed by atoms with E-state index in [2.05, 4.69) is 158 Å². The van der Waals surface area contributed by atoms with E-state index in [9.17, 15) is 0 Å². The van der Waals surface area contributed by atoms with E-state index in [0.717, 1.165) is 6.42 Å². The highest BCUT2D eigenvalue weighted by Gasteiger charge is 2.38. The SMILES string of the molecule is C1=CCC(c2ccccc2)(c2ccccc2)C(c2ccccc2)=C1.c1ccc(-c2ccccc2)cc1. The smallest absolute Gasteiger partial charge is 0.0491 e. The van der Waals surface area contributed by atoms with E-state index in [4.69, 9.17) is 0 Å². The minimum absolute atomic E-state index is 0.140. The Hall–Kier alpha value is -4.42. The van der Waals surface area contributed by atoms with Crippen LogP contribution in [0.15, 0.2) is 170 Å². The molecular weight excluding hydrogens is 432 g/mol. The summed E-state index contributed by atoms with van der Waals surface area (Å²) < 4.78 is 0. The molecule has 5 aromatic rings. The number of allylic oxidation sites excluding steroid dienone is 4. The van der Waals surface area contributed by atoms with Crippen molar-refractivity contribution in [3.8, 4) is 11.1 Å². The first-order valence-electron chi connectivity index (χ1n) is 12.5. The predicted octanol–water partition coefficient (Wildman–Crippen LogP) is 9.37. The first-order chi connectivity index (χ1) is 17.9. The quantitative estimate of drug-likeness (QED) is 0.249. The maximum absolute atomic E-state index is 2.28. The Morgan fingerprint density at radius 1 is 0.389 bits per heavy atom. The Morgan fingerprint density at radius 2 is 0.750 bits per heavy atom. The second kappa shape index (κ2) is 11.3. The summed E-state index contributed by atoms with van der Waals surface area (Å²) in [5.74, 6) is 0. The maximum Gasteiger partial charge on any atom is 0.0491 e. The molecule has 174 valence electrons. The summed E-state index contributed by atoms with van der Waals surface area (Å²) in [6.07, 6.45) is 7.72. The average Bonchev–Trinajstić information content (AvgIpc) is 3.00. The lowest BCUT2D eigenvalue weighted by molar-refractivity contribution is 0.669. The molecule has 6 rings (SSSR count). The van der Waals surface area contributed by atoms with Gasteiger partial charge in [-0.15, -0.1) is 0 Å². The molecule has 0 heterocycles. The second-order valence-electron chi connectivity index (χ2n) is 8.95. The van der Waals surface area contributed by atoms with Crippen molar-refractivity contribution in [1.29, 1.82) is 0 Å². The van der Waals surface area contributed by atoms with Gasteiger partial charge < -0.3 is 0 Å². The van der Waals surface area contributed by atoms with Crippen molar-refractivity contribution in [3.05, 3.63) is 187 Å². The Labute approximate surface area is 214 Å². The molecule has 1 aliphatic rings. The fourth-order valence-corrected chi connectivity index (χ4v) is 5.04. The summed E-state index contributed by atoms with van der Waals surface area (Å²) in [7, 11) is 0. The van der Waals surface area contributed by atoms with Gasteiger partial charge in [-0.05, 0) is 39.8 Å². The molecule has 0 N–H and O–H groups in total. The van der Waals surface area contributed by atoms with Gasteiger partial charge in [0.15, 0.2) is 0 Å². The zero-order valence-electron chi connectivity index (χ0n) is 20.4. The average molecular weight is 463 g/mol. The molecule has 0 heteroatoms. The van der Waals surface area contributed by atoms with E-state index >= 15 is 0 Å². The van der Waals surface area contributed by atoms with Gasteiger partial charge >= 0.3 is 0 Å². The van der Waals surface area contributed by atoms with Crippen LogP contribution in [-0.4, -0.2) is 0 Å². The van der Waals surface area contributed by atoms with Crippen molar-refractivity contribution in [3.63, 3.8) is 0 Å². The van der Waals surface area contributed by atoms with Gasteiger partial charge in [0.25, 0.3) is 0 Å². The molecule has 0 nitrogen and oxygen atoms in total. The normalized spacial score (nSPS) is 13.7. The van der Waals surface area contributed by atoms with Crippen LogP contribution in [-0.2, 0) is 5.41 Å². The van der Waals surface area contributed by atoms with Crippen LogP contribution in [0, 0.1) is 0 Å². The van der Waals surface area contributed by atoms with E-state index in [1.807, 2.05) is 12.1 Å². The summed E-state index contributed by atoms with van der Waals surface area (Å²) in [6.45, 7) is 0. The summed E-state index contributed by atoms with van der Waals surface area (Å²) >= 11 is 0. The first kappa shape index (κ1) is 23.3. The van der Waals surface area contributed by atoms with E-state index in [1.54, 1.807) is 0 Å². The van der Waals surface area contributed by atoms with Crippen molar-refractivity contribution in [1.82, 2.24) is 0 Å². The molecule has 0 fully saturated rings. The highest BCUT2D eigenvalue weighted by molar-refractivity contribution is 5.82. The van der Waals surface area contributed by atoms with Crippen LogP contribution < -0.4 is 0 Å². The van der Waals surface area contributed by atoms with E-state index in [-0.39, 0.29) is 5.41 Å². The van der Waals surface area contributed by atoms with E-state index in [0.29, 0.717) is 0 Å². The van der Waals surface area contributed by atoms with E-state index < -0.39 is 0 Å². The molecule has 0 atom stereocenters. The van der Waals surface area contributed by atoms with Crippen molar-refractivity contribution in [2.75, 3.05) is 0 Å². The Bertz CT molecular complexity index is 1320. The third-order valence-electron chi connectivity index (χ3n) is 6.78. The van der Waals surface area contributed by atoms with Crippen molar-refractivity contribution >= 4 is 5.57 Å². The van der Waals surface area contributed by atoms with Crippen LogP contribution >= 0.6 is 0 Å². The third-order valence-corrected chi connectivity index (χ3v) is 6.78. The zero-order valence-corrected chi connectivity index (χ0v) is 20.4. The molecule has 0 amide bonds. The van der Waals surface area contributed by atoms with Gasteiger partial charge in [0.2, 0.25) is 0 Å². The molecule has 0 unspecified atom stereocenters. The van der Waals surface area contributed by atoms with Crippen LogP contribution in [0.2, 0.25) is 0 Å². The van der Waals surface area contributed by atoms with E-state index in [1.165, 1.54) is 33.4 Å². The fraction of sp³-hybridized carbons (Fsp3) is 0.0556. The minimum atomic E-state index is -0.140. The van der Waals surface area contributed by atoms with Crippen LogP contribution in [0.25, 0.3) is 16.7 Å². The Kier molecular flexibility index (Phi) is 7.35. The van der Waals surface area contributed by atoms with Crippen LogP contribution in [0.4, 0.5) is 0 Å². The van der Waals surface area contributed by atoms with Gasteiger partial charge in [0.05, 0.1) is 0 Å². The first-order valence-corrected chi connectivity index (χ1v) is 12.5. The van der Waals surface area contributed by atoms with Gasteiger partial charge in [-0.1, -0.05) is 170 Å². The number of rotatable bonds is 4. The summed E-state index contributed by atoms with van der Waals surface area (Å²) in [4.78, 5) is 0. The van der Waals surface area contributed by atoms with Gasteiger partial charge in [0, 0.05) is 5.41 Å². The monoisotopic (exact) mass is 462 g/mol. The fourth-order valence-electron chi connectivity index (χ4n) is 5.04. The summed E-state index contributed by atoms with van der Waals surface area (Å²) in [6, 6.07) is 53.3. The van der Waals surface area contributed by atoms with Gasteiger partial charge in [0.1, 0.15) is 0 Å². The number of benzene rings is 5. The predicted molar refractivity (Wildman–Crippen MR) is 154 cm³/mol. The second-order valence-corrected chi connectivity index (χ2v) is 8.95. The molecular formula is C36H30. The van der Waals surface area contributed by atoms with Gasteiger partial charge in [-0.3, -0.25) is 0 Å². The van der Waals surface area contributed by atoms with Crippen LogP contribution in [0.5, 0.6) is 0 Å². The lowest BCUT2D eigenvalue weighted by atomic mass is 9.63. The van der Waals surface area contributed by atoms with Gasteiger partial charge in [-0.2, -0.15) is 0 Å². The topological polar surface area (TPSA) is 0 Å². The molecule has 0 saturated carbocycles. The Balaban J connectivity index is 0.000000186. The van der Waals surface area contributed by atoms with Gasteiger partial charge in [-0.25, -0.2) is 0 Å². The highest BCUT2D eigenvalue weighted by Crippen LogP contribution is 2.48. The minimum Gasteiger partial charge on any atom is -0.0830 e. The summed E-state index contributed by atoms with van der Waals surface area (Å²) in [5.41, 5.74) is 7.75. The molecule has 0 aromatic heterocycles. The molecule has 36 heavy (non-hydrogen) atoms. The highest BCUT2D eigenvalue weighted by atomic mass is 14.4. The molecule has 0 aliphatic heterocycles. The maximum atomic E-state index is 2.28. The molecule has 0 saturated heterocycles. The van der Waals surface area contributed by atoms with Crippen LogP contribution in [0.1, 0.15) is 23.1 Å². The largest absolute Gasteiger partial charge is 0.0830 e. The molecule has 1 aliphatic carbocycles.